The van der Waals surface area contributed by atoms with Gasteiger partial charge in [-0.05, 0) is 12.8 Å². The molecule has 0 amide bonds. The number of unbranched alkanes of at least 4 members (excludes halogenated alkanes) is 4. The first-order chi connectivity index (χ1) is 7.35. The van der Waals surface area contributed by atoms with Gasteiger partial charge in [0.15, 0.2) is 0 Å². The number of rotatable bonds is 11. The summed E-state index contributed by atoms with van der Waals surface area (Å²) in [5, 5.41) is 2.10. The minimum Gasteiger partial charge on any atom is -0.295 e. The fourth-order valence-electron chi connectivity index (χ4n) is 1.48. The molecular formula is C13H27NO. The summed E-state index contributed by atoms with van der Waals surface area (Å²) in [6.45, 7) is 10.9. The molecule has 0 rings (SSSR count). The van der Waals surface area contributed by atoms with Crippen molar-refractivity contribution in [3.05, 3.63) is 12.7 Å². The molecule has 0 fully saturated rings. The van der Waals surface area contributed by atoms with Gasteiger partial charge in [0.05, 0.1) is 6.61 Å². The van der Waals surface area contributed by atoms with Gasteiger partial charge in [0.25, 0.3) is 0 Å². The van der Waals surface area contributed by atoms with Gasteiger partial charge in [-0.1, -0.05) is 45.6 Å². The maximum Gasteiger partial charge on any atom is 0.0864 e. The van der Waals surface area contributed by atoms with E-state index < -0.39 is 0 Å². The van der Waals surface area contributed by atoms with Crippen molar-refractivity contribution in [1.82, 2.24) is 5.06 Å². The molecule has 90 valence electrons. The van der Waals surface area contributed by atoms with E-state index in [2.05, 4.69) is 25.5 Å². The summed E-state index contributed by atoms with van der Waals surface area (Å²) in [7, 11) is 0. The van der Waals surface area contributed by atoms with Crippen LogP contribution >= 0.6 is 0 Å². The third-order valence-electron chi connectivity index (χ3n) is 2.40. The molecule has 2 nitrogen and oxygen atoms in total. The zero-order valence-electron chi connectivity index (χ0n) is 10.5. The Morgan fingerprint density at radius 1 is 1.00 bits per heavy atom. The molecule has 0 atom stereocenters. The highest BCUT2D eigenvalue weighted by molar-refractivity contribution is 4.63. The third kappa shape index (κ3) is 9.95. The SMILES string of the molecule is C=CCON(CCCCC)CCCCC. The minimum atomic E-state index is 0.637. The van der Waals surface area contributed by atoms with Crippen molar-refractivity contribution in [2.75, 3.05) is 19.7 Å². The lowest BCUT2D eigenvalue weighted by Crippen LogP contribution is -2.26. The molecule has 0 saturated heterocycles. The van der Waals surface area contributed by atoms with Crippen molar-refractivity contribution in [3.8, 4) is 0 Å². The lowest BCUT2D eigenvalue weighted by Gasteiger charge is -2.20. The van der Waals surface area contributed by atoms with Crippen LogP contribution in [0.1, 0.15) is 52.4 Å². The molecule has 0 N–H and O–H groups in total. The second-order valence-corrected chi connectivity index (χ2v) is 3.93. The molecule has 0 aromatic rings. The van der Waals surface area contributed by atoms with Crippen LogP contribution in [0.4, 0.5) is 0 Å². The Bertz CT molecular complexity index is 126. The molecular weight excluding hydrogens is 186 g/mol. The molecule has 0 saturated carbocycles. The summed E-state index contributed by atoms with van der Waals surface area (Å²) in [5.74, 6) is 0. The highest BCUT2D eigenvalue weighted by atomic mass is 16.7. The van der Waals surface area contributed by atoms with Crippen molar-refractivity contribution >= 4 is 0 Å². The molecule has 0 heterocycles. The highest BCUT2D eigenvalue weighted by Crippen LogP contribution is 2.03. The fraction of sp³-hybridized carbons (Fsp3) is 0.846. The van der Waals surface area contributed by atoms with Gasteiger partial charge in [-0.15, -0.1) is 6.58 Å². The van der Waals surface area contributed by atoms with Gasteiger partial charge < -0.3 is 0 Å². The van der Waals surface area contributed by atoms with Crippen molar-refractivity contribution in [2.45, 2.75) is 52.4 Å². The van der Waals surface area contributed by atoms with E-state index >= 15 is 0 Å². The smallest absolute Gasteiger partial charge is 0.0864 e. The maximum absolute atomic E-state index is 5.60. The molecule has 15 heavy (non-hydrogen) atoms. The molecule has 0 aliphatic heterocycles. The van der Waals surface area contributed by atoms with Crippen LogP contribution < -0.4 is 0 Å². The average Bonchev–Trinajstić information content (AvgIpc) is 2.25. The quantitative estimate of drug-likeness (QED) is 0.294. The fourth-order valence-corrected chi connectivity index (χ4v) is 1.48. The van der Waals surface area contributed by atoms with E-state index in [0.29, 0.717) is 6.61 Å². The Morgan fingerprint density at radius 3 is 1.93 bits per heavy atom. The van der Waals surface area contributed by atoms with Gasteiger partial charge in [0, 0.05) is 13.1 Å². The molecule has 0 aliphatic rings. The lowest BCUT2D eigenvalue weighted by atomic mass is 10.2. The summed E-state index contributed by atoms with van der Waals surface area (Å²) in [4.78, 5) is 5.60. The number of nitrogens with zero attached hydrogens (tertiary/aromatic N) is 1. The van der Waals surface area contributed by atoms with Crippen molar-refractivity contribution in [3.63, 3.8) is 0 Å². The van der Waals surface area contributed by atoms with Crippen LogP contribution in [0.15, 0.2) is 12.7 Å². The Labute approximate surface area is 95.3 Å². The molecule has 0 bridgehead atoms. The lowest BCUT2D eigenvalue weighted by molar-refractivity contribution is -0.149. The Kier molecular flexibility index (Phi) is 11.5. The van der Waals surface area contributed by atoms with Crippen LogP contribution in [-0.4, -0.2) is 24.8 Å². The van der Waals surface area contributed by atoms with Crippen LogP contribution in [0, 0.1) is 0 Å². The first-order valence-corrected chi connectivity index (χ1v) is 6.33. The van der Waals surface area contributed by atoms with E-state index in [9.17, 15) is 0 Å². The number of hydrogen-bond acceptors (Lipinski definition) is 2. The molecule has 0 aromatic heterocycles. The summed E-state index contributed by atoms with van der Waals surface area (Å²) in [6, 6.07) is 0. The minimum absolute atomic E-state index is 0.637. The summed E-state index contributed by atoms with van der Waals surface area (Å²) >= 11 is 0. The monoisotopic (exact) mass is 213 g/mol. The van der Waals surface area contributed by atoms with Crippen LogP contribution in [0.5, 0.6) is 0 Å². The molecule has 2 heteroatoms. The summed E-state index contributed by atoms with van der Waals surface area (Å²) in [6.07, 6.45) is 9.41. The molecule has 0 aromatic carbocycles. The van der Waals surface area contributed by atoms with Crippen LogP contribution in [-0.2, 0) is 4.84 Å². The van der Waals surface area contributed by atoms with Gasteiger partial charge in [0.1, 0.15) is 0 Å². The van der Waals surface area contributed by atoms with Gasteiger partial charge in [-0.25, -0.2) is 0 Å². The van der Waals surface area contributed by atoms with E-state index in [1.54, 1.807) is 0 Å². The third-order valence-corrected chi connectivity index (χ3v) is 2.40. The highest BCUT2D eigenvalue weighted by Gasteiger charge is 2.03. The van der Waals surface area contributed by atoms with Crippen molar-refractivity contribution in [1.29, 1.82) is 0 Å². The van der Waals surface area contributed by atoms with E-state index in [1.165, 1.54) is 38.5 Å². The zero-order valence-corrected chi connectivity index (χ0v) is 10.5. The maximum atomic E-state index is 5.60. The van der Waals surface area contributed by atoms with Gasteiger partial charge in [-0.2, -0.15) is 5.06 Å². The van der Waals surface area contributed by atoms with E-state index in [1.807, 2.05) is 6.08 Å². The Balaban J connectivity index is 3.57. The zero-order chi connectivity index (χ0) is 11.4. The van der Waals surface area contributed by atoms with Crippen molar-refractivity contribution < 1.29 is 4.84 Å². The van der Waals surface area contributed by atoms with E-state index in [-0.39, 0.29) is 0 Å². The predicted octanol–water partition coefficient (Wildman–Crippen LogP) is 3.79. The normalized spacial score (nSPS) is 10.9. The van der Waals surface area contributed by atoms with Crippen LogP contribution in [0.3, 0.4) is 0 Å². The van der Waals surface area contributed by atoms with Gasteiger partial charge in [-0.3, -0.25) is 4.84 Å². The number of hydroxylamine groups is 2. The summed E-state index contributed by atoms with van der Waals surface area (Å²) < 4.78 is 0. The Morgan fingerprint density at radius 2 is 1.53 bits per heavy atom. The second kappa shape index (κ2) is 11.7. The average molecular weight is 213 g/mol. The predicted molar refractivity (Wildman–Crippen MR) is 66.8 cm³/mol. The molecule has 0 radical (unpaired) electrons. The first kappa shape index (κ1) is 14.7. The van der Waals surface area contributed by atoms with Crippen LogP contribution in [0.25, 0.3) is 0 Å². The van der Waals surface area contributed by atoms with Gasteiger partial charge in [0.2, 0.25) is 0 Å². The largest absolute Gasteiger partial charge is 0.295 e. The van der Waals surface area contributed by atoms with Crippen LogP contribution in [0.2, 0.25) is 0 Å². The molecule has 0 unspecified atom stereocenters. The van der Waals surface area contributed by atoms with E-state index in [0.717, 1.165) is 13.1 Å². The first-order valence-electron chi connectivity index (χ1n) is 6.33. The molecule has 0 aliphatic carbocycles. The Hall–Kier alpha value is -0.340. The van der Waals surface area contributed by atoms with E-state index in [4.69, 9.17) is 4.84 Å². The van der Waals surface area contributed by atoms with Crippen molar-refractivity contribution in [2.24, 2.45) is 0 Å². The molecule has 0 spiro atoms. The number of hydrogen-bond donors (Lipinski definition) is 0. The topological polar surface area (TPSA) is 12.5 Å². The second-order valence-electron chi connectivity index (χ2n) is 3.93. The summed E-state index contributed by atoms with van der Waals surface area (Å²) in [5.41, 5.74) is 0. The standard InChI is InChI=1S/C13H27NO/c1-4-7-9-11-14(15-13-6-3)12-10-8-5-2/h6H,3-5,7-13H2,1-2H3. The van der Waals surface area contributed by atoms with Gasteiger partial charge >= 0.3 is 0 Å².